The van der Waals surface area contributed by atoms with Gasteiger partial charge in [-0.25, -0.2) is 8.78 Å². The Morgan fingerprint density at radius 3 is 2.38 bits per heavy atom. The van der Waals surface area contributed by atoms with Gasteiger partial charge in [0.15, 0.2) is 0 Å². The molecule has 0 saturated carbocycles. The summed E-state index contributed by atoms with van der Waals surface area (Å²) in [6.07, 6.45) is -0.291. The Morgan fingerprint density at radius 2 is 1.77 bits per heavy atom. The molecule has 1 amide bonds. The van der Waals surface area contributed by atoms with Crippen molar-refractivity contribution < 1.29 is 23.5 Å². The lowest BCUT2D eigenvalue weighted by Crippen LogP contribution is -2.31. The van der Waals surface area contributed by atoms with E-state index in [0.717, 1.165) is 23.3 Å². The second kappa shape index (κ2) is 8.56. The maximum absolute atomic E-state index is 13.9. The number of hydrogen-bond acceptors (Lipinski definition) is 2. The number of carbonyl (C=O) groups excluding carboxylic acids is 1. The largest absolute Gasteiger partial charge is 0.481 e. The number of nitrogens with one attached hydrogen (secondary N) is 1. The molecule has 2 aromatic carbocycles. The van der Waals surface area contributed by atoms with Crippen LogP contribution in [0.3, 0.4) is 0 Å². The first kappa shape index (κ1) is 19.6. The number of benzene rings is 2. The lowest BCUT2D eigenvalue weighted by Gasteiger charge is -2.21. The maximum atomic E-state index is 13.9. The van der Waals surface area contributed by atoms with Crippen LogP contribution in [-0.2, 0) is 9.59 Å². The monoisotopic (exact) mass is 361 g/mol. The van der Waals surface area contributed by atoms with Crippen molar-refractivity contribution in [2.45, 2.75) is 38.6 Å². The van der Waals surface area contributed by atoms with E-state index in [1.807, 2.05) is 19.1 Å². The van der Waals surface area contributed by atoms with Crippen LogP contribution in [0.15, 0.2) is 42.5 Å². The molecule has 0 bridgehead atoms. The van der Waals surface area contributed by atoms with E-state index in [0.29, 0.717) is 0 Å². The molecule has 0 fully saturated rings. The standard InChI is InChI=1S/C20H21F2NO3/c1-12-5-3-4-6-16(12)18(11-20(25)26)23-19(24)9-13(2)15-8-7-14(21)10-17(15)22/h3-8,10,13,18H,9,11H2,1-2H3,(H,23,24)(H,25,26). The first-order chi connectivity index (χ1) is 12.3. The van der Waals surface area contributed by atoms with E-state index in [4.69, 9.17) is 5.11 Å². The lowest BCUT2D eigenvalue weighted by atomic mass is 9.95. The van der Waals surface area contributed by atoms with Crippen LogP contribution in [0.5, 0.6) is 0 Å². The Morgan fingerprint density at radius 1 is 1.08 bits per heavy atom. The highest BCUT2D eigenvalue weighted by atomic mass is 19.1. The molecule has 0 spiro atoms. The predicted molar refractivity (Wildman–Crippen MR) is 93.7 cm³/mol. The molecular weight excluding hydrogens is 340 g/mol. The molecule has 0 aromatic heterocycles. The molecular formula is C20H21F2NO3. The molecule has 2 aromatic rings. The van der Waals surface area contributed by atoms with Gasteiger partial charge in [0.25, 0.3) is 0 Å². The van der Waals surface area contributed by atoms with Gasteiger partial charge in [-0.2, -0.15) is 0 Å². The van der Waals surface area contributed by atoms with Crippen molar-refractivity contribution in [1.29, 1.82) is 0 Å². The van der Waals surface area contributed by atoms with Crippen molar-refractivity contribution >= 4 is 11.9 Å². The first-order valence-electron chi connectivity index (χ1n) is 8.29. The normalized spacial score (nSPS) is 13.1. The topological polar surface area (TPSA) is 66.4 Å². The summed E-state index contributed by atoms with van der Waals surface area (Å²) in [6, 6.07) is 9.79. The van der Waals surface area contributed by atoms with Crippen LogP contribution in [-0.4, -0.2) is 17.0 Å². The second-order valence-corrected chi connectivity index (χ2v) is 6.35. The molecule has 0 saturated heterocycles. The van der Waals surface area contributed by atoms with Crippen LogP contribution >= 0.6 is 0 Å². The van der Waals surface area contributed by atoms with Gasteiger partial charge >= 0.3 is 5.97 Å². The minimum absolute atomic E-state index is 0.0372. The Kier molecular flexibility index (Phi) is 6.44. The number of carbonyl (C=O) groups is 2. The van der Waals surface area contributed by atoms with Gasteiger partial charge in [0.1, 0.15) is 11.6 Å². The van der Waals surface area contributed by atoms with Crippen molar-refractivity contribution in [2.24, 2.45) is 0 Å². The van der Waals surface area contributed by atoms with Gasteiger partial charge in [0.2, 0.25) is 5.91 Å². The highest BCUT2D eigenvalue weighted by Gasteiger charge is 2.22. The summed E-state index contributed by atoms with van der Waals surface area (Å²) in [6.45, 7) is 3.50. The van der Waals surface area contributed by atoms with E-state index in [-0.39, 0.29) is 18.4 Å². The fourth-order valence-electron chi connectivity index (χ4n) is 2.93. The Bertz CT molecular complexity index is 807. The zero-order valence-corrected chi connectivity index (χ0v) is 14.6. The Hall–Kier alpha value is -2.76. The van der Waals surface area contributed by atoms with Crippen LogP contribution in [0.2, 0.25) is 0 Å². The number of carboxylic acid groups (broad SMARTS) is 1. The summed E-state index contributed by atoms with van der Waals surface area (Å²) in [5.74, 6) is -3.28. The van der Waals surface area contributed by atoms with E-state index in [9.17, 15) is 18.4 Å². The highest BCUT2D eigenvalue weighted by Crippen LogP contribution is 2.25. The summed E-state index contributed by atoms with van der Waals surface area (Å²) in [7, 11) is 0. The first-order valence-corrected chi connectivity index (χ1v) is 8.29. The smallest absolute Gasteiger partial charge is 0.305 e. The molecule has 0 radical (unpaired) electrons. The molecule has 6 heteroatoms. The molecule has 138 valence electrons. The number of amides is 1. The van der Waals surface area contributed by atoms with Gasteiger partial charge < -0.3 is 10.4 Å². The van der Waals surface area contributed by atoms with Gasteiger partial charge in [0, 0.05) is 12.5 Å². The predicted octanol–water partition coefficient (Wildman–Crippen LogP) is 4.10. The van der Waals surface area contributed by atoms with E-state index >= 15 is 0 Å². The summed E-state index contributed by atoms with van der Waals surface area (Å²) < 4.78 is 26.9. The van der Waals surface area contributed by atoms with Gasteiger partial charge in [-0.1, -0.05) is 37.3 Å². The van der Waals surface area contributed by atoms with Crippen LogP contribution in [0, 0.1) is 18.6 Å². The fourth-order valence-corrected chi connectivity index (χ4v) is 2.93. The molecule has 0 heterocycles. The fraction of sp³-hybridized carbons (Fsp3) is 0.300. The SMILES string of the molecule is Cc1ccccc1C(CC(=O)O)NC(=O)CC(C)c1ccc(F)cc1F. The van der Waals surface area contributed by atoms with Crippen molar-refractivity contribution in [2.75, 3.05) is 0 Å². The van der Waals surface area contributed by atoms with Gasteiger partial charge in [-0.3, -0.25) is 9.59 Å². The maximum Gasteiger partial charge on any atom is 0.305 e. The molecule has 4 nitrogen and oxygen atoms in total. The molecule has 2 unspecified atom stereocenters. The number of carboxylic acids is 1. The van der Waals surface area contributed by atoms with Crippen LogP contribution in [0.1, 0.15) is 48.4 Å². The third kappa shape index (κ3) is 5.12. The molecule has 26 heavy (non-hydrogen) atoms. The van der Waals surface area contributed by atoms with Gasteiger partial charge in [-0.15, -0.1) is 0 Å². The van der Waals surface area contributed by atoms with E-state index in [1.165, 1.54) is 6.07 Å². The van der Waals surface area contributed by atoms with Gasteiger partial charge in [0.05, 0.1) is 12.5 Å². The average molecular weight is 361 g/mol. The molecule has 0 aliphatic heterocycles. The van der Waals surface area contributed by atoms with E-state index < -0.39 is 35.5 Å². The summed E-state index contributed by atoms with van der Waals surface area (Å²) in [5, 5.41) is 11.9. The van der Waals surface area contributed by atoms with E-state index in [2.05, 4.69) is 5.32 Å². The van der Waals surface area contributed by atoms with Crippen molar-refractivity contribution in [3.63, 3.8) is 0 Å². The number of hydrogen-bond donors (Lipinski definition) is 2. The highest BCUT2D eigenvalue weighted by molar-refractivity contribution is 5.78. The number of halogens is 2. The van der Waals surface area contributed by atoms with Crippen LogP contribution in [0.25, 0.3) is 0 Å². The Balaban J connectivity index is 2.11. The second-order valence-electron chi connectivity index (χ2n) is 6.35. The molecule has 2 N–H and O–H groups in total. The third-order valence-corrected chi connectivity index (χ3v) is 4.26. The quantitative estimate of drug-likeness (QED) is 0.780. The molecule has 0 aliphatic rings. The summed E-state index contributed by atoms with van der Waals surface area (Å²) in [5.41, 5.74) is 1.84. The number of aryl methyl sites for hydroxylation is 1. The molecule has 2 rings (SSSR count). The van der Waals surface area contributed by atoms with Crippen LogP contribution in [0.4, 0.5) is 8.78 Å². The van der Waals surface area contributed by atoms with Crippen molar-refractivity contribution in [1.82, 2.24) is 5.32 Å². The van der Waals surface area contributed by atoms with E-state index in [1.54, 1.807) is 19.1 Å². The summed E-state index contributed by atoms with van der Waals surface area (Å²) >= 11 is 0. The van der Waals surface area contributed by atoms with Crippen LogP contribution < -0.4 is 5.32 Å². The van der Waals surface area contributed by atoms with Crippen molar-refractivity contribution in [3.8, 4) is 0 Å². The third-order valence-electron chi connectivity index (χ3n) is 4.26. The van der Waals surface area contributed by atoms with Gasteiger partial charge in [-0.05, 0) is 35.6 Å². The number of aliphatic carboxylic acids is 1. The Labute approximate surface area is 150 Å². The molecule has 0 aliphatic carbocycles. The summed E-state index contributed by atoms with van der Waals surface area (Å²) in [4.78, 5) is 23.5. The van der Waals surface area contributed by atoms with Crippen molar-refractivity contribution in [3.05, 3.63) is 70.8 Å². The zero-order chi connectivity index (χ0) is 19.3. The lowest BCUT2D eigenvalue weighted by molar-refractivity contribution is -0.137. The minimum Gasteiger partial charge on any atom is -0.481 e. The zero-order valence-electron chi connectivity index (χ0n) is 14.6. The average Bonchev–Trinajstić information content (AvgIpc) is 2.54. The number of rotatable bonds is 7. The molecule has 2 atom stereocenters. The minimum atomic E-state index is -1.03.